The van der Waals surface area contributed by atoms with E-state index in [4.69, 9.17) is 4.74 Å². The fraction of sp³-hybridized carbons (Fsp3) is 0.200. The van der Waals surface area contributed by atoms with Gasteiger partial charge in [-0.15, -0.1) is 0 Å². The molecule has 0 aliphatic carbocycles. The maximum absolute atomic E-state index is 5.64. The van der Waals surface area contributed by atoms with E-state index in [1.165, 1.54) is 11.1 Å². The van der Waals surface area contributed by atoms with Gasteiger partial charge in [0.05, 0.1) is 19.3 Å². The van der Waals surface area contributed by atoms with E-state index in [2.05, 4.69) is 51.6 Å². The molecule has 0 aromatic heterocycles. The molecular weight excluding hydrogens is 290 g/mol. The summed E-state index contributed by atoms with van der Waals surface area (Å²) in [4.78, 5) is 0. The van der Waals surface area contributed by atoms with Gasteiger partial charge in [0, 0.05) is 10.2 Å². The van der Waals surface area contributed by atoms with Gasteiger partial charge in [-0.25, -0.2) is 0 Å². The fourth-order valence-corrected chi connectivity index (χ4v) is 2.67. The van der Waals surface area contributed by atoms with Gasteiger partial charge in [-0.1, -0.05) is 36.4 Å². The van der Waals surface area contributed by atoms with Gasteiger partial charge in [0.1, 0.15) is 0 Å². The summed E-state index contributed by atoms with van der Waals surface area (Å²) >= 11 is 3.56. The zero-order chi connectivity index (χ0) is 12.4. The van der Waals surface area contributed by atoms with Crippen molar-refractivity contribution in [1.82, 2.24) is 0 Å². The van der Waals surface area contributed by atoms with Crippen molar-refractivity contribution in [1.29, 1.82) is 0 Å². The van der Waals surface area contributed by atoms with Crippen LogP contribution in [0.2, 0.25) is 0 Å². The zero-order valence-electron chi connectivity index (χ0n) is 9.90. The van der Waals surface area contributed by atoms with Gasteiger partial charge in [-0.2, -0.15) is 0 Å². The van der Waals surface area contributed by atoms with Crippen molar-refractivity contribution in [2.75, 3.05) is 11.9 Å². The Morgan fingerprint density at radius 1 is 1.06 bits per heavy atom. The van der Waals surface area contributed by atoms with Crippen LogP contribution in [0.5, 0.6) is 0 Å². The molecule has 2 aromatic rings. The third-order valence-electron chi connectivity index (χ3n) is 3.18. The number of nitrogens with one attached hydrogen (secondary N) is 1. The summed E-state index contributed by atoms with van der Waals surface area (Å²) < 4.78 is 6.72. The number of benzene rings is 2. The van der Waals surface area contributed by atoms with Crippen molar-refractivity contribution in [2.45, 2.75) is 12.6 Å². The molecule has 1 unspecified atom stereocenters. The molecule has 2 aromatic carbocycles. The quantitative estimate of drug-likeness (QED) is 0.900. The third kappa shape index (κ3) is 2.28. The lowest BCUT2D eigenvalue weighted by molar-refractivity contribution is 0.0970. The zero-order valence-corrected chi connectivity index (χ0v) is 11.5. The second kappa shape index (κ2) is 5.12. The van der Waals surface area contributed by atoms with Crippen LogP contribution in [0.3, 0.4) is 0 Å². The van der Waals surface area contributed by atoms with Crippen LogP contribution in [0, 0.1) is 0 Å². The predicted octanol–water partition coefficient (Wildman–Crippen LogP) is 4.13. The molecule has 0 spiro atoms. The molecule has 0 saturated carbocycles. The maximum Gasteiger partial charge on any atom is 0.0751 e. The highest BCUT2D eigenvalue weighted by atomic mass is 79.9. The minimum Gasteiger partial charge on any atom is -0.375 e. The van der Waals surface area contributed by atoms with Crippen LogP contribution in [0.15, 0.2) is 53.0 Å². The second-order valence-electron chi connectivity index (χ2n) is 4.39. The van der Waals surface area contributed by atoms with Crippen molar-refractivity contribution in [3.05, 3.63) is 64.1 Å². The van der Waals surface area contributed by atoms with E-state index in [9.17, 15) is 0 Å². The number of para-hydroxylation sites is 1. The van der Waals surface area contributed by atoms with Crippen LogP contribution in [0.4, 0.5) is 5.69 Å². The Morgan fingerprint density at radius 2 is 1.83 bits per heavy atom. The number of ether oxygens (including phenoxy) is 1. The molecule has 3 heteroatoms. The Labute approximate surface area is 115 Å². The second-order valence-corrected chi connectivity index (χ2v) is 5.25. The van der Waals surface area contributed by atoms with Crippen LogP contribution < -0.4 is 5.32 Å². The molecule has 1 N–H and O–H groups in total. The molecule has 0 saturated heterocycles. The summed E-state index contributed by atoms with van der Waals surface area (Å²) in [5.74, 6) is 0. The summed E-state index contributed by atoms with van der Waals surface area (Å²) in [6, 6.07) is 16.8. The first-order valence-corrected chi connectivity index (χ1v) is 6.80. The van der Waals surface area contributed by atoms with E-state index in [1.807, 2.05) is 18.2 Å². The Morgan fingerprint density at radius 3 is 2.72 bits per heavy atom. The Hall–Kier alpha value is -1.32. The highest BCUT2D eigenvalue weighted by molar-refractivity contribution is 9.10. The summed E-state index contributed by atoms with van der Waals surface area (Å²) in [5.41, 5.74) is 3.70. The number of anilines is 1. The molecule has 92 valence electrons. The number of halogens is 1. The van der Waals surface area contributed by atoms with Crippen molar-refractivity contribution in [3.8, 4) is 0 Å². The van der Waals surface area contributed by atoms with E-state index < -0.39 is 0 Å². The monoisotopic (exact) mass is 303 g/mol. The van der Waals surface area contributed by atoms with Gasteiger partial charge in [-0.05, 0) is 39.2 Å². The largest absolute Gasteiger partial charge is 0.375 e. The molecule has 0 amide bonds. The topological polar surface area (TPSA) is 21.3 Å². The first-order valence-electron chi connectivity index (χ1n) is 6.01. The Balaban J connectivity index is 1.89. The molecule has 0 bridgehead atoms. The standard InChI is InChI=1S/C15H14BrNO/c16-13-7-3-4-8-14(13)17-15-10-18-9-11-5-1-2-6-12(11)15/h1-8,15,17H,9-10H2. The lowest BCUT2D eigenvalue weighted by Gasteiger charge is -2.27. The van der Waals surface area contributed by atoms with Gasteiger partial charge in [0.25, 0.3) is 0 Å². The van der Waals surface area contributed by atoms with Crippen molar-refractivity contribution in [3.63, 3.8) is 0 Å². The van der Waals surface area contributed by atoms with Crippen LogP contribution in [0.25, 0.3) is 0 Å². The average Bonchev–Trinajstić information content (AvgIpc) is 2.42. The van der Waals surface area contributed by atoms with Gasteiger partial charge in [0.15, 0.2) is 0 Å². The Bertz CT molecular complexity index is 556. The highest BCUT2D eigenvalue weighted by Gasteiger charge is 2.20. The minimum absolute atomic E-state index is 0.216. The van der Waals surface area contributed by atoms with E-state index in [1.54, 1.807) is 0 Å². The summed E-state index contributed by atoms with van der Waals surface area (Å²) in [5, 5.41) is 3.53. The Kier molecular flexibility index (Phi) is 3.35. The molecule has 1 heterocycles. The molecule has 0 radical (unpaired) electrons. The van der Waals surface area contributed by atoms with E-state index in [-0.39, 0.29) is 6.04 Å². The van der Waals surface area contributed by atoms with Crippen LogP contribution in [-0.2, 0) is 11.3 Å². The number of fused-ring (bicyclic) bond motifs is 1. The van der Waals surface area contributed by atoms with Crippen molar-refractivity contribution < 1.29 is 4.74 Å². The van der Waals surface area contributed by atoms with Gasteiger partial charge in [0.2, 0.25) is 0 Å². The molecule has 1 aliphatic heterocycles. The molecule has 1 aliphatic rings. The predicted molar refractivity (Wildman–Crippen MR) is 76.6 cm³/mol. The number of hydrogen-bond donors (Lipinski definition) is 1. The summed E-state index contributed by atoms with van der Waals surface area (Å²) in [6.45, 7) is 1.42. The number of rotatable bonds is 2. The SMILES string of the molecule is Brc1ccccc1NC1COCc2ccccc21. The third-order valence-corrected chi connectivity index (χ3v) is 3.87. The van der Waals surface area contributed by atoms with E-state index in [0.717, 1.165) is 10.2 Å². The van der Waals surface area contributed by atoms with Gasteiger partial charge >= 0.3 is 0 Å². The molecular formula is C15H14BrNO. The summed E-state index contributed by atoms with van der Waals surface area (Å²) in [6.07, 6.45) is 0. The van der Waals surface area contributed by atoms with Crippen LogP contribution >= 0.6 is 15.9 Å². The highest BCUT2D eigenvalue weighted by Crippen LogP contribution is 2.30. The molecule has 1 atom stereocenters. The van der Waals surface area contributed by atoms with E-state index in [0.29, 0.717) is 13.2 Å². The maximum atomic E-state index is 5.64. The average molecular weight is 304 g/mol. The smallest absolute Gasteiger partial charge is 0.0751 e. The van der Waals surface area contributed by atoms with E-state index >= 15 is 0 Å². The fourth-order valence-electron chi connectivity index (χ4n) is 2.27. The van der Waals surface area contributed by atoms with Crippen LogP contribution in [0.1, 0.15) is 17.2 Å². The molecule has 0 fully saturated rings. The van der Waals surface area contributed by atoms with Crippen molar-refractivity contribution in [2.24, 2.45) is 0 Å². The number of hydrogen-bond acceptors (Lipinski definition) is 2. The minimum atomic E-state index is 0.216. The molecule has 3 rings (SSSR count). The first kappa shape index (κ1) is 11.8. The van der Waals surface area contributed by atoms with Crippen LogP contribution in [-0.4, -0.2) is 6.61 Å². The lowest BCUT2D eigenvalue weighted by Crippen LogP contribution is -2.23. The first-order chi connectivity index (χ1) is 8.84. The van der Waals surface area contributed by atoms with Crippen molar-refractivity contribution >= 4 is 21.6 Å². The molecule has 2 nitrogen and oxygen atoms in total. The summed E-state index contributed by atoms with van der Waals surface area (Å²) in [7, 11) is 0. The normalized spacial score (nSPS) is 18.2. The lowest BCUT2D eigenvalue weighted by atomic mass is 9.99. The van der Waals surface area contributed by atoms with Gasteiger partial charge in [-0.3, -0.25) is 0 Å². The molecule has 18 heavy (non-hydrogen) atoms. The van der Waals surface area contributed by atoms with Gasteiger partial charge < -0.3 is 10.1 Å².